The standard InChI is InChI=1S/C26H20N2O2/c1-29-25-13-7-5-11-23(25)21(17-27)15-19-9-3-4-10-20(19)16-22(18-28)24-12-6-8-14-26(24)30-2/h3-16H,1-2H3/b21-15+,22-16+. The fourth-order valence-corrected chi connectivity index (χ4v) is 3.16. The maximum Gasteiger partial charge on any atom is 0.127 e. The Morgan fingerprint density at radius 2 is 1.00 bits per heavy atom. The second kappa shape index (κ2) is 9.78. The van der Waals surface area contributed by atoms with Crippen molar-refractivity contribution in [1.29, 1.82) is 10.5 Å². The van der Waals surface area contributed by atoms with Crippen molar-refractivity contribution in [2.24, 2.45) is 0 Å². The molecular formula is C26H20N2O2. The van der Waals surface area contributed by atoms with E-state index in [1.165, 1.54) is 0 Å². The molecule has 0 saturated carbocycles. The van der Waals surface area contributed by atoms with Gasteiger partial charge in [0, 0.05) is 11.1 Å². The summed E-state index contributed by atoms with van der Waals surface area (Å²) in [6.07, 6.45) is 3.61. The third kappa shape index (κ3) is 4.41. The molecule has 0 N–H and O–H groups in total. The van der Waals surface area contributed by atoms with Gasteiger partial charge in [-0.3, -0.25) is 0 Å². The molecule has 3 aromatic carbocycles. The summed E-state index contributed by atoms with van der Waals surface area (Å²) in [7, 11) is 3.16. The largest absolute Gasteiger partial charge is 0.496 e. The average Bonchev–Trinajstić information content (AvgIpc) is 2.81. The highest BCUT2D eigenvalue weighted by molar-refractivity contribution is 5.96. The van der Waals surface area contributed by atoms with Crippen LogP contribution in [0.2, 0.25) is 0 Å². The lowest BCUT2D eigenvalue weighted by molar-refractivity contribution is 0.413. The lowest BCUT2D eigenvalue weighted by Crippen LogP contribution is -1.92. The Balaban J connectivity index is 2.12. The van der Waals surface area contributed by atoms with Gasteiger partial charge in [0.05, 0.1) is 37.5 Å². The first-order chi connectivity index (χ1) is 14.7. The van der Waals surface area contributed by atoms with Gasteiger partial charge in [-0.2, -0.15) is 10.5 Å². The summed E-state index contributed by atoms with van der Waals surface area (Å²) in [5, 5.41) is 19.5. The van der Waals surface area contributed by atoms with E-state index in [0.717, 1.165) is 11.1 Å². The number of benzene rings is 3. The van der Waals surface area contributed by atoms with Crippen LogP contribution in [0, 0.1) is 22.7 Å². The number of nitriles is 2. The second-order valence-electron chi connectivity index (χ2n) is 6.37. The van der Waals surface area contributed by atoms with E-state index in [1.807, 2.05) is 72.8 Å². The highest BCUT2D eigenvalue weighted by atomic mass is 16.5. The zero-order chi connectivity index (χ0) is 21.3. The Bertz CT molecular complexity index is 1100. The maximum absolute atomic E-state index is 9.77. The van der Waals surface area contributed by atoms with Crippen molar-refractivity contribution in [2.45, 2.75) is 0 Å². The molecular weight excluding hydrogens is 372 g/mol. The summed E-state index contributed by atoms with van der Waals surface area (Å²) >= 11 is 0. The predicted octanol–water partition coefficient (Wildman–Crippen LogP) is 5.83. The topological polar surface area (TPSA) is 66.0 Å². The van der Waals surface area contributed by atoms with E-state index in [0.29, 0.717) is 33.8 Å². The molecule has 30 heavy (non-hydrogen) atoms. The molecule has 0 aliphatic rings. The van der Waals surface area contributed by atoms with Gasteiger partial charge >= 0.3 is 0 Å². The molecule has 0 saturated heterocycles. The van der Waals surface area contributed by atoms with Gasteiger partial charge < -0.3 is 9.47 Å². The molecule has 0 radical (unpaired) electrons. The highest BCUT2D eigenvalue weighted by Gasteiger charge is 2.11. The van der Waals surface area contributed by atoms with Crippen molar-refractivity contribution in [1.82, 2.24) is 0 Å². The van der Waals surface area contributed by atoms with Crippen LogP contribution in [0.5, 0.6) is 11.5 Å². The van der Waals surface area contributed by atoms with Crippen LogP contribution >= 0.6 is 0 Å². The van der Waals surface area contributed by atoms with Gasteiger partial charge in [-0.05, 0) is 47.5 Å². The molecule has 0 aliphatic heterocycles. The first-order valence-corrected chi connectivity index (χ1v) is 9.31. The third-order valence-corrected chi connectivity index (χ3v) is 4.63. The first-order valence-electron chi connectivity index (χ1n) is 9.31. The van der Waals surface area contributed by atoms with Gasteiger partial charge in [0.25, 0.3) is 0 Å². The number of hydrogen-bond acceptors (Lipinski definition) is 4. The maximum atomic E-state index is 9.77. The van der Waals surface area contributed by atoms with Crippen LogP contribution in [0.4, 0.5) is 0 Å². The van der Waals surface area contributed by atoms with E-state index in [-0.39, 0.29) is 0 Å². The second-order valence-corrected chi connectivity index (χ2v) is 6.37. The summed E-state index contributed by atoms with van der Waals surface area (Å²) in [6, 6.07) is 26.9. The Morgan fingerprint density at radius 1 is 0.633 bits per heavy atom. The minimum absolute atomic E-state index is 0.476. The van der Waals surface area contributed by atoms with Crippen molar-refractivity contribution in [3.63, 3.8) is 0 Å². The molecule has 0 fully saturated rings. The third-order valence-electron chi connectivity index (χ3n) is 4.63. The van der Waals surface area contributed by atoms with Crippen LogP contribution in [0.1, 0.15) is 22.3 Å². The van der Waals surface area contributed by atoms with E-state index in [1.54, 1.807) is 26.4 Å². The lowest BCUT2D eigenvalue weighted by atomic mass is 9.97. The van der Waals surface area contributed by atoms with Gasteiger partial charge in [0.1, 0.15) is 11.5 Å². The minimum atomic E-state index is 0.476. The number of nitrogens with zero attached hydrogens (tertiary/aromatic N) is 2. The Hall–Kier alpha value is -4.28. The lowest BCUT2D eigenvalue weighted by Gasteiger charge is -2.09. The van der Waals surface area contributed by atoms with Gasteiger partial charge in [-0.25, -0.2) is 0 Å². The molecule has 3 aromatic rings. The van der Waals surface area contributed by atoms with Crippen molar-refractivity contribution < 1.29 is 9.47 Å². The summed E-state index contributed by atoms with van der Waals surface area (Å²) < 4.78 is 10.8. The van der Waals surface area contributed by atoms with Gasteiger partial charge in [-0.1, -0.05) is 48.5 Å². The number of para-hydroxylation sites is 2. The van der Waals surface area contributed by atoms with Crippen molar-refractivity contribution in [2.75, 3.05) is 14.2 Å². The van der Waals surface area contributed by atoms with E-state index in [9.17, 15) is 10.5 Å². The van der Waals surface area contributed by atoms with Crippen molar-refractivity contribution in [3.8, 4) is 23.6 Å². The normalized spacial score (nSPS) is 11.3. The molecule has 146 valence electrons. The van der Waals surface area contributed by atoms with Crippen molar-refractivity contribution in [3.05, 3.63) is 95.1 Å². The SMILES string of the molecule is COc1ccccc1/C(C#N)=C/c1ccccc1/C=C(\C#N)c1ccccc1OC. The molecule has 0 spiro atoms. The highest BCUT2D eigenvalue weighted by Crippen LogP contribution is 2.30. The molecule has 0 heterocycles. The molecule has 0 bridgehead atoms. The molecule has 4 nitrogen and oxygen atoms in total. The Labute approximate surface area is 176 Å². The van der Waals surface area contributed by atoms with Gasteiger partial charge in [0.15, 0.2) is 0 Å². The van der Waals surface area contributed by atoms with Crippen LogP contribution in [-0.2, 0) is 0 Å². The monoisotopic (exact) mass is 392 g/mol. The van der Waals surface area contributed by atoms with E-state index >= 15 is 0 Å². The number of rotatable bonds is 6. The molecule has 3 rings (SSSR count). The quantitative estimate of drug-likeness (QED) is 0.391. The summed E-state index contributed by atoms with van der Waals surface area (Å²) in [5.74, 6) is 1.26. The first kappa shape index (κ1) is 20.5. The zero-order valence-electron chi connectivity index (χ0n) is 16.8. The smallest absolute Gasteiger partial charge is 0.127 e. The summed E-state index contributed by atoms with van der Waals surface area (Å²) in [5.41, 5.74) is 4.02. The molecule has 0 amide bonds. The van der Waals surface area contributed by atoms with Crippen LogP contribution in [0.3, 0.4) is 0 Å². The molecule has 0 unspecified atom stereocenters. The van der Waals surface area contributed by atoms with E-state index in [2.05, 4.69) is 12.1 Å². The van der Waals surface area contributed by atoms with Gasteiger partial charge in [-0.15, -0.1) is 0 Å². The molecule has 4 heteroatoms. The van der Waals surface area contributed by atoms with E-state index < -0.39 is 0 Å². The summed E-state index contributed by atoms with van der Waals surface area (Å²) in [4.78, 5) is 0. The predicted molar refractivity (Wildman–Crippen MR) is 119 cm³/mol. The fraction of sp³-hybridized carbons (Fsp3) is 0.0769. The van der Waals surface area contributed by atoms with Crippen molar-refractivity contribution >= 4 is 23.3 Å². The van der Waals surface area contributed by atoms with Crippen LogP contribution in [0.25, 0.3) is 23.3 Å². The summed E-state index contributed by atoms with van der Waals surface area (Å²) in [6.45, 7) is 0. The Kier molecular flexibility index (Phi) is 6.66. The molecule has 0 atom stereocenters. The fourth-order valence-electron chi connectivity index (χ4n) is 3.16. The van der Waals surface area contributed by atoms with Gasteiger partial charge in [0.2, 0.25) is 0 Å². The number of allylic oxidation sites excluding steroid dienone is 2. The van der Waals surface area contributed by atoms with E-state index in [4.69, 9.17) is 9.47 Å². The zero-order valence-corrected chi connectivity index (χ0v) is 16.8. The van der Waals surface area contributed by atoms with Crippen LogP contribution in [0.15, 0.2) is 72.8 Å². The molecule has 0 aliphatic carbocycles. The minimum Gasteiger partial charge on any atom is -0.496 e. The number of methoxy groups -OCH3 is 2. The number of ether oxygens (including phenoxy) is 2. The van der Waals surface area contributed by atoms with Crippen LogP contribution in [-0.4, -0.2) is 14.2 Å². The Morgan fingerprint density at radius 3 is 1.37 bits per heavy atom. The average molecular weight is 392 g/mol. The van der Waals surface area contributed by atoms with Crippen LogP contribution < -0.4 is 9.47 Å². The number of hydrogen-bond donors (Lipinski definition) is 0. The molecule has 0 aromatic heterocycles.